The largest absolute Gasteiger partial charge is 0.360 e. The third-order valence-corrected chi connectivity index (χ3v) is 4.25. The Hall–Kier alpha value is -3.67. The Morgan fingerprint density at radius 3 is 2.73 bits per heavy atom. The zero-order valence-electron chi connectivity index (χ0n) is 14.2. The van der Waals surface area contributed by atoms with Gasteiger partial charge in [-0.1, -0.05) is 30.3 Å². The molecule has 2 heterocycles. The molecule has 0 aliphatic heterocycles. The van der Waals surface area contributed by atoms with E-state index in [0.717, 1.165) is 27.9 Å². The monoisotopic (exact) mass is 343 g/mol. The third-order valence-electron chi connectivity index (χ3n) is 4.25. The summed E-state index contributed by atoms with van der Waals surface area (Å²) in [4.78, 5) is 19.5. The Morgan fingerprint density at radius 2 is 1.96 bits per heavy atom. The maximum absolute atomic E-state index is 12.4. The van der Waals surface area contributed by atoms with E-state index in [1.165, 1.54) is 0 Å². The van der Waals surface area contributed by atoms with Crippen LogP contribution in [0, 0.1) is 0 Å². The van der Waals surface area contributed by atoms with E-state index in [0.29, 0.717) is 5.56 Å². The third kappa shape index (κ3) is 3.00. The van der Waals surface area contributed by atoms with E-state index in [-0.39, 0.29) is 5.91 Å². The Bertz CT molecular complexity index is 1080. The van der Waals surface area contributed by atoms with Gasteiger partial charge in [0.25, 0.3) is 5.91 Å². The summed E-state index contributed by atoms with van der Waals surface area (Å²) >= 11 is 0. The van der Waals surface area contributed by atoms with Gasteiger partial charge in [-0.2, -0.15) is 5.10 Å². The molecule has 0 saturated heterocycles. The number of nitrogens with zero attached hydrogens (tertiary/aromatic N) is 3. The molecule has 0 aliphatic carbocycles. The predicted octanol–water partition coefficient (Wildman–Crippen LogP) is 3.51. The SMILES string of the molecule is C/C(=N\NC(=O)c1c[nH]c2ccccc12)c1ccc(-n2ccnc2)cc1. The van der Waals surface area contributed by atoms with Crippen molar-refractivity contribution in [1.82, 2.24) is 20.0 Å². The Morgan fingerprint density at radius 1 is 1.15 bits per heavy atom. The van der Waals surface area contributed by atoms with Crippen molar-refractivity contribution < 1.29 is 4.79 Å². The number of nitrogens with one attached hydrogen (secondary N) is 2. The molecule has 1 amide bonds. The second-order valence-electron chi connectivity index (χ2n) is 5.90. The minimum absolute atomic E-state index is 0.239. The Kier molecular flexibility index (Phi) is 4.07. The first kappa shape index (κ1) is 15.8. The maximum Gasteiger partial charge on any atom is 0.273 e. The van der Waals surface area contributed by atoms with Gasteiger partial charge in [-0.25, -0.2) is 10.4 Å². The highest BCUT2D eigenvalue weighted by Gasteiger charge is 2.11. The number of hydrogen-bond donors (Lipinski definition) is 2. The molecule has 0 aliphatic rings. The van der Waals surface area contributed by atoms with Crippen molar-refractivity contribution in [3.63, 3.8) is 0 Å². The number of aromatic amines is 1. The molecular formula is C20H17N5O. The standard InChI is InChI=1S/C20H17N5O/c1-14(15-6-8-16(9-7-15)25-11-10-21-13-25)23-24-20(26)18-12-22-19-5-3-2-4-17(18)19/h2-13,22H,1H3,(H,24,26)/b23-14+. The van der Waals surface area contributed by atoms with E-state index in [4.69, 9.17) is 0 Å². The zero-order chi connectivity index (χ0) is 17.9. The van der Waals surface area contributed by atoms with Gasteiger partial charge < -0.3 is 9.55 Å². The van der Waals surface area contributed by atoms with Gasteiger partial charge >= 0.3 is 0 Å². The molecule has 0 radical (unpaired) electrons. The van der Waals surface area contributed by atoms with Gasteiger partial charge in [0.05, 0.1) is 17.6 Å². The van der Waals surface area contributed by atoms with E-state index in [1.54, 1.807) is 18.7 Å². The number of aromatic nitrogens is 3. The van der Waals surface area contributed by atoms with Gasteiger partial charge in [0, 0.05) is 35.2 Å². The maximum atomic E-state index is 12.4. The van der Waals surface area contributed by atoms with Crippen LogP contribution in [0.1, 0.15) is 22.8 Å². The number of para-hydroxylation sites is 1. The molecule has 2 N–H and O–H groups in total. The number of carbonyl (C=O) groups excluding carboxylic acids is 1. The van der Waals surface area contributed by atoms with Gasteiger partial charge in [0.2, 0.25) is 0 Å². The summed E-state index contributed by atoms with van der Waals surface area (Å²) in [5, 5.41) is 5.11. The van der Waals surface area contributed by atoms with Gasteiger partial charge in [-0.05, 0) is 30.7 Å². The fourth-order valence-electron chi connectivity index (χ4n) is 2.81. The van der Waals surface area contributed by atoms with E-state index in [2.05, 4.69) is 20.5 Å². The van der Waals surface area contributed by atoms with Gasteiger partial charge in [0.1, 0.15) is 0 Å². The van der Waals surface area contributed by atoms with E-state index in [1.807, 2.05) is 66.2 Å². The molecule has 6 nitrogen and oxygen atoms in total. The molecular weight excluding hydrogens is 326 g/mol. The molecule has 0 spiro atoms. The first-order valence-electron chi connectivity index (χ1n) is 8.22. The number of hydrazone groups is 1. The number of hydrogen-bond acceptors (Lipinski definition) is 3. The fraction of sp³-hybridized carbons (Fsp3) is 0.0500. The lowest BCUT2D eigenvalue weighted by atomic mass is 10.1. The Labute approximate surface area is 150 Å². The molecule has 0 fully saturated rings. The van der Waals surface area contributed by atoms with E-state index < -0.39 is 0 Å². The van der Waals surface area contributed by atoms with Crippen molar-refractivity contribution in [3.05, 3.63) is 84.6 Å². The number of benzene rings is 2. The second-order valence-corrected chi connectivity index (χ2v) is 5.90. The molecule has 0 bridgehead atoms. The number of amides is 1. The molecule has 0 atom stereocenters. The lowest BCUT2D eigenvalue weighted by Gasteiger charge is -2.05. The number of H-pyrrole nitrogens is 1. The highest BCUT2D eigenvalue weighted by atomic mass is 16.2. The first-order valence-corrected chi connectivity index (χ1v) is 8.22. The Balaban J connectivity index is 1.50. The number of rotatable bonds is 4. The summed E-state index contributed by atoms with van der Waals surface area (Å²) in [6.45, 7) is 1.86. The molecule has 6 heteroatoms. The number of carbonyl (C=O) groups is 1. The summed E-state index contributed by atoms with van der Waals surface area (Å²) in [6.07, 6.45) is 7.07. The van der Waals surface area contributed by atoms with Crippen LogP contribution in [0.2, 0.25) is 0 Å². The van der Waals surface area contributed by atoms with Gasteiger partial charge in [0.15, 0.2) is 0 Å². The van der Waals surface area contributed by atoms with Crippen molar-refractivity contribution in [2.75, 3.05) is 0 Å². The molecule has 2 aromatic heterocycles. The van der Waals surface area contributed by atoms with Gasteiger partial charge in [-0.15, -0.1) is 0 Å². The quantitative estimate of drug-likeness (QED) is 0.439. The van der Waals surface area contributed by atoms with Crippen LogP contribution in [0.15, 0.2) is 78.6 Å². The highest BCUT2D eigenvalue weighted by Crippen LogP contribution is 2.17. The normalized spacial score (nSPS) is 11.7. The fourth-order valence-corrected chi connectivity index (χ4v) is 2.81. The average Bonchev–Trinajstić information content (AvgIpc) is 3.36. The summed E-state index contributed by atoms with van der Waals surface area (Å²) in [6, 6.07) is 15.6. The molecule has 2 aromatic carbocycles. The molecule has 128 valence electrons. The van der Waals surface area contributed by atoms with Crippen molar-refractivity contribution in [1.29, 1.82) is 0 Å². The average molecular weight is 343 g/mol. The molecule has 26 heavy (non-hydrogen) atoms. The topological polar surface area (TPSA) is 75.1 Å². The van der Waals surface area contributed by atoms with E-state index in [9.17, 15) is 4.79 Å². The highest BCUT2D eigenvalue weighted by molar-refractivity contribution is 6.07. The van der Waals surface area contributed by atoms with Crippen molar-refractivity contribution in [2.45, 2.75) is 6.92 Å². The minimum atomic E-state index is -0.239. The summed E-state index contributed by atoms with van der Waals surface area (Å²) in [7, 11) is 0. The first-order chi connectivity index (χ1) is 12.7. The van der Waals surface area contributed by atoms with Crippen LogP contribution in [0.5, 0.6) is 0 Å². The van der Waals surface area contributed by atoms with Crippen LogP contribution in [-0.2, 0) is 0 Å². The van der Waals surface area contributed by atoms with Crippen LogP contribution in [0.3, 0.4) is 0 Å². The van der Waals surface area contributed by atoms with Crippen LogP contribution in [-0.4, -0.2) is 26.2 Å². The van der Waals surface area contributed by atoms with Crippen molar-refractivity contribution in [2.24, 2.45) is 5.10 Å². The summed E-state index contributed by atoms with van der Waals surface area (Å²) < 4.78 is 1.93. The minimum Gasteiger partial charge on any atom is -0.360 e. The molecule has 4 rings (SSSR count). The van der Waals surface area contributed by atoms with Crippen molar-refractivity contribution >= 4 is 22.5 Å². The molecule has 4 aromatic rings. The summed E-state index contributed by atoms with van der Waals surface area (Å²) in [5.74, 6) is -0.239. The van der Waals surface area contributed by atoms with Gasteiger partial charge in [-0.3, -0.25) is 4.79 Å². The van der Waals surface area contributed by atoms with Crippen molar-refractivity contribution in [3.8, 4) is 5.69 Å². The number of fused-ring (bicyclic) bond motifs is 1. The lowest BCUT2D eigenvalue weighted by Crippen LogP contribution is -2.19. The van der Waals surface area contributed by atoms with Crippen LogP contribution in [0.4, 0.5) is 0 Å². The smallest absolute Gasteiger partial charge is 0.273 e. The predicted molar refractivity (Wildman–Crippen MR) is 102 cm³/mol. The zero-order valence-corrected chi connectivity index (χ0v) is 14.2. The van der Waals surface area contributed by atoms with Crippen LogP contribution in [0.25, 0.3) is 16.6 Å². The van der Waals surface area contributed by atoms with Crippen LogP contribution >= 0.6 is 0 Å². The van der Waals surface area contributed by atoms with E-state index >= 15 is 0 Å². The number of imidazole rings is 1. The second kappa shape index (κ2) is 6.68. The summed E-state index contributed by atoms with van der Waals surface area (Å²) in [5.41, 5.74) is 6.82. The lowest BCUT2D eigenvalue weighted by molar-refractivity contribution is 0.0956. The molecule has 0 saturated carbocycles. The molecule has 0 unspecified atom stereocenters. The van der Waals surface area contributed by atoms with Crippen LogP contribution < -0.4 is 5.43 Å².